The fourth-order valence-corrected chi connectivity index (χ4v) is 0. The molecule has 0 spiro atoms. The van der Waals surface area contributed by atoms with Gasteiger partial charge in [0.05, 0.1) is 19.1 Å². The number of rotatable bonds is 1. The van der Waals surface area contributed by atoms with Gasteiger partial charge in [0.2, 0.25) is 0 Å². The molecule has 0 heterocycles. The summed E-state index contributed by atoms with van der Waals surface area (Å²) >= 11 is 0. The third kappa shape index (κ3) is 2470. The van der Waals surface area contributed by atoms with E-state index < -0.39 is 20.2 Å². The molecule has 0 rings (SSSR count). The summed E-state index contributed by atoms with van der Waals surface area (Å²) in [6.07, 6.45) is 1.43. The highest BCUT2D eigenvalue weighted by molar-refractivity contribution is 7.85. The van der Waals surface area contributed by atoms with E-state index in [1.54, 1.807) is 0 Å². The summed E-state index contributed by atoms with van der Waals surface area (Å²) in [5, 5.41) is 7.75. The van der Waals surface area contributed by atoms with Gasteiger partial charge >= 0.3 is 0 Å². The highest BCUT2D eigenvalue weighted by atomic mass is 32.2. The van der Waals surface area contributed by atoms with Gasteiger partial charge in [-0.3, -0.25) is 9.11 Å². The molecule has 0 saturated carbocycles. The van der Waals surface area contributed by atoms with E-state index in [9.17, 15) is 16.8 Å². The van der Waals surface area contributed by atoms with E-state index in [0.29, 0.717) is 19.1 Å². The predicted octanol–water partition coefficient (Wildman–Crippen LogP) is -2.05. The minimum atomic E-state index is -3.67. The number of aliphatic hydroxyl groups is 1. The largest absolute Gasteiger partial charge is 0.395 e. The molecule has 0 bridgehead atoms. The standard InChI is InChI=1S/C2H7NO.2CH4O3S/c3-1-2-4;2*1-5(2,3)4/h4H,1-3H2;2*1H3,(H,2,3,4). The summed E-state index contributed by atoms with van der Waals surface area (Å²) in [5.41, 5.74) is 4.78. The third-order valence-corrected chi connectivity index (χ3v) is 0.129. The van der Waals surface area contributed by atoms with Crippen molar-refractivity contribution in [2.24, 2.45) is 5.73 Å². The van der Waals surface area contributed by atoms with Crippen LogP contribution in [0, 0.1) is 0 Å². The van der Waals surface area contributed by atoms with Crippen molar-refractivity contribution in [3.8, 4) is 0 Å². The third-order valence-electron chi connectivity index (χ3n) is 0.129. The van der Waals surface area contributed by atoms with Crippen LogP contribution < -0.4 is 5.73 Å². The SMILES string of the molecule is CS(=O)(=O)O.CS(=O)(=O)O.NCCO. The van der Waals surface area contributed by atoms with Gasteiger partial charge < -0.3 is 10.8 Å². The van der Waals surface area contributed by atoms with Crippen LogP contribution in [-0.4, -0.2) is 56.7 Å². The Balaban J connectivity index is -0.000000131. The first-order chi connectivity index (χ1) is 5.91. The molecule has 0 aliphatic heterocycles. The molecule has 0 saturated heterocycles. The molecule has 8 nitrogen and oxygen atoms in total. The van der Waals surface area contributed by atoms with Crippen LogP contribution in [0.2, 0.25) is 0 Å². The zero-order valence-electron chi connectivity index (χ0n) is 7.78. The maximum Gasteiger partial charge on any atom is 0.261 e. The Morgan fingerprint density at radius 3 is 1.07 bits per heavy atom. The molecule has 0 aromatic rings. The molecule has 90 valence electrons. The maximum absolute atomic E-state index is 9.19. The Bertz CT molecular complexity index is 244. The summed E-state index contributed by atoms with van der Waals surface area (Å²) in [4.78, 5) is 0. The Labute approximate surface area is 83.2 Å². The summed E-state index contributed by atoms with van der Waals surface area (Å²) in [5.74, 6) is 0. The van der Waals surface area contributed by atoms with E-state index in [4.69, 9.17) is 19.9 Å². The summed E-state index contributed by atoms with van der Waals surface area (Å²) in [7, 11) is -7.33. The second-order valence-electron chi connectivity index (χ2n) is 1.98. The molecular weight excluding hydrogens is 238 g/mol. The van der Waals surface area contributed by atoms with Crippen molar-refractivity contribution in [2.75, 3.05) is 25.7 Å². The topological polar surface area (TPSA) is 155 Å². The molecule has 0 aromatic carbocycles. The van der Waals surface area contributed by atoms with Crippen molar-refractivity contribution in [1.82, 2.24) is 0 Å². The molecule has 0 aliphatic carbocycles. The van der Waals surface area contributed by atoms with Crippen molar-refractivity contribution in [1.29, 1.82) is 0 Å². The van der Waals surface area contributed by atoms with Gasteiger partial charge in [-0.1, -0.05) is 0 Å². The second kappa shape index (κ2) is 9.30. The van der Waals surface area contributed by atoms with E-state index in [1.807, 2.05) is 0 Å². The average molecular weight is 253 g/mol. The Kier molecular flexibility index (Phi) is 12.8. The van der Waals surface area contributed by atoms with Gasteiger partial charge in [0.1, 0.15) is 0 Å². The van der Waals surface area contributed by atoms with Crippen molar-refractivity contribution in [2.45, 2.75) is 0 Å². The molecule has 0 aromatic heterocycles. The van der Waals surface area contributed by atoms with E-state index in [0.717, 1.165) is 0 Å². The summed E-state index contributed by atoms with van der Waals surface area (Å²) in [6.45, 7) is 0.472. The molecule has 0 radical (unpaired) electrons. The molecule has 10 heteroatoms. The van der Waals surface area contributed by atoms with Crippen LogP contribution in [-0.2, 0) is 20.2 Å². The van der Waals surface area contributed by atoms with Gasteiger partial charge in [-0.2, -0.15) is 16.8 Å². The van der Waals surface area contributed by atoms with Crippen LogP contribution >= 0.6 is 0 Å². The van der Waals surface area contributed by atoms with E-state index in [1.165, 1.54) is 0 Å². The Hall–Kier alpha value is -0.260. The lowest BCUT2D eigenvalue weighted by Crippen LogP contribution is -2.02. The summed E-state index contributed by atoms with van der Waals surface area (Å²) < 4.78 is 51.7. The van der Waals surface area contributed by atoms with Gasteiger partial charge in [0.25, 0.3) is 20.2 Å². The van der Waals surface area contributed by atoms with Crippen molar-refractivity contribution in [3.05, 3.63) is 0 Å². The number of aliphatic hydroxyl groups excluding tert-OH is 1. The monoisotopic (exact) mass is 253 g/mol. The van der Waals surface area contributed by atoms with Crippen LogP contribution in [0.5, 0.6) is 0 Å². The van der Waals surface area contributed by atoms with Gasteiger partial charge in [-0.05, 0) is 0 Å². The number of hydrogen-bond acceptors (Lipinski definition) is 6. The minimum absolute atomic E-state index is 0.0972. The molecule has 0 aliphatic rings. The normalized spacial score (nSPS) is 10.4. The van der Waals surface area contributed by atoms with Gasteiger partial charge in [0.15, 0.2) is 0 Å². The molecule has 0 amide bonds. The zero-order chi connectivity index (χ0) is 12.4. The number of hydrogen-bond donors (Lipinski definition) is 4. The highest BCUT2D eigenvalue weighted by Crippen LogP contribution is 1.60. The van der Waals surface area contributed by atoms with Crippen LogP contribution in [0.15, 0.2) is 0 Å². The minimum Gasteiger partial charge on any atom is -0.395 e. The van der Waals surface area contributed by atoms with Crippen LogP contribution in [0.25, 0.3) is 0 Å². The van der Waals surface area contributed by atoms with Gasteiger partial charge in [-0.25, -0.2) is 0 Å². The zero-order valence-corrected chi connectivity index (χ0v) is 9.42. The maximum atomic E-state index is 9.19. The predicted molar refractivity (Wildman–Crippen MR) is 51.1 cm³/mol. The first-order valence-corrected chi connectivity index (χ1v) is 6.77. The Morgan fingerprint density at radius 1 is 1.00 bits per heavy atom. The highest BCUT2D eigenvalue weighted by Gasteiger charge is 1.81. The molecule has 0 fully saturated rings. The van der Waals surface area contributed by atoms with E-state index in [-0.39, 0.29) is 6.61 Å². The first kappa shape index (κ1) is 19.3. The molecule has 14 heavy (non-hydrogen) atoms. The second-order valence-corrected chi connectivity index (χ2v) is 4.91. The van der Waals surface area contributed by atoms with E-state index in [2.05, 4.69) is 0 Å². The average Bonchev–Trinajstić information content (AvgIpc) is 1.79. The molecule has 0 unspecified atom stereocenters. The fraction of sp³-hybridized carbons (Fsp3) is 1.00. The smallest absolute Gasteiger partial charge is 0.261 e. The molecule has 0 atom stereocenters. The van der Waals surface area contributed by atoms with Crippen molar-refractivity contribution in [3.63, 3.8) is 0 Å². The van der Waals surface area contributed by atoms with Crippen molar-refractivity contribution >= 4 is 20.2 Å². The van der Waals surface area contributed by atoms with Gasteiger partial charge in [0, 0.05) is 6.54 Å². The fourth-order valence-electron chi connectivity index (χ4n) is 0. The molecule has 5 N–H and O–H groups in total. The lowest BCUT2D eigenvalue weighted by atomic mass is 10.8. The Morgan fingerprint density at radius 2 is 1.07 bits per heavy atom. The van der Waals surface area contributed by atoms with Gasteiger partial charge in [-0.15, -0.1) is 0 Å². The quantitative estimate of drug-likeness (QED) is 0.389. The van der Waals surface area contributed by atoms with Crippen LogP contribution in [0.3, 0.4) is 0 Å². The van der Waals surface area contributed by atoms with Crippen LogP contribution in [0.1, 0.15) is 0 Å². The first-order valence-electron chi connectivity index (χ1n) is 3.07. The van der Waals surface area contributed by atoms with Crippen molar-refractivity contribution < 1.29 is 31.0 Å². The lowest BCUT2D eigenvalue weighted by molar-refractivity contribution is 0.306. The lowest BCUT2D eigenvalue weighted by Gasteiger charge is -1.71. The van der Waals surface area contributed by atoms with Crippen LogP contribution in [0.4, 0.5) is 0 Å². The molecular formula is C4H15NO7S2. The summed E-state index contributed by atoms with van der Waals surface area (Å²) in [6, 6.07) is 0. The van der Waals surface area contributed by atoms with E-state index >= 15 is 0 Å². The number of nitrogens with two attached hydrogens (primary N) is 1.